The van der Waals surface area contributed by atoms with Crippen molar-refractivity contribution in [2.45, 2.75) is 122 Å². The molecule has 0 aliphatic rings. The van der Waals surface area contributed by atoms with Gasteiger partial charge in [-0.05, 0) is 12.8 Å². The maximum Gasteiger partial charge on any atom is 0.404 e. The predicted molar refractivity (Wildman–Crippen MR) is 123 cm³/mol. The van der Waals surface area contributed by atoms with Gasteiger partial charge in [0.1, 0.15) is 6.10 Å². The van der Waals surface area contributed by atoms with Crippen molar-refractivity contribution < 1.29 is 14.3 Å². The van der Waals surface area contributed by atoms with Crippen molar-refractivity contribution in [3.63, 3.8) is 0 Å². The van der Waals surface area contributed by atoms with E-state index in [9.17, 15) is 4.79 Å². The van der Waals surface area contributed by atoms with Crippen molar-refractivity contribution in [2.75, 3.05) is 20.3 Å². The smallest absolute Gasteiger partial charge is 0.404 e. The fourth-order valence-electron chi connectivity index (χ4n) is 3.97. The number of ether oxygens (including phenoxy) is 2. The Hall–Kier alpha value is -0.810. The topological polar surface area (TPSA) is 87.6 Å². The van der Waals surface area contributed by atoms with Gasteiger partial charge in [0.15, 0.2) is 0 Å². The molecule has 0 aromatic rings. The first-order chi connectivity index (χ1) is 14.2. The number of hydrogen-bond acceptors (Lipinski definition) is 4. The third-order valence-corrected chi connectivity index (χ3v) is 5.82. The summed E-state index contributed by atoms with van der Waals surface area (Å²) in [7, 11) is 1.64. The van der Waals surface area contributed by atoms with Crippen LogP contribution in [-0.4, -0.2) is 32.5 Å². The molecule has 0 bridgehead atoms. The highest BCUT2D eigenvalue weighted by Crippen LogP contribution is 2.18. The van der Waals surface area contributed by atoms with Crippen LogP contribution < -0.4 is 11.5 Å². The summed E-state index contributed by atoms with van der Waals surface area (Å²) in [4.78, 5) is 11.1. The SMILES string of the molecule is CCCCCCCCCCCCCCCCCCC(OC(N)=O)C(CN)COC. The van der Waals surface area contributed by atoms with E-state index < -0.39 is 6.09 Å². The van der Waals surface area contributed by atoms with E-state index in [2.05, 4.69) is 6.92 Å². The van der Waals surface area contributed by atoms with Crippen LogP contribution in [0.25, 0.3) is 0 Å². The van der Waals surface area contributed by atoms with E-state index in [0.29, 0.717) is 13.2 Å². The van der Waals surface area contributed by atoms with Crippen LogP contribution in [0.3, 0.4) is 0 Å². The number of carbonyl (C=O) groups is 1. The fraction of sp³-hybridized carbons (Fsp3) is 0.958. The van der Waals surface area contributed by atoms with Crippen LogP contribution in [0.15, 0.2) is 0 Å². The van der Waals surface area contributed by atoms with Crippen molar-refractivity contribution in [3.8, 4) is 0 Å². The van der Waals surface area contributed by atoms with Crippen molar-refractivity contribution >= 4 is 6.09 Å². The molecule has 2 unspecified atom stereocenters. The number of amides is 1. The maximum atomic E-state index is 11.1. The third-order valence-electron chi connectivity index (χ3n) is 5.82. The third kappa shape index (κ3) is 18.9. The molecule has 5 nitrogen and oxygen atoms in total. The van der Waals surface area contributed by atoms with E-state index in [1.165, 1.54) is 96.3 Å². The zero-order valence-corrected chi connectivity index (χ0v) is 19.5. The molecule has 0 spiro atoms. The number of rotatable bonds is 22. The average molecular weight is 415 g/mol. The highest BCUT2D eigenvalue weighted by atomic mass is 16.6. The zero-order chi connectivity index (χ0) is 21.6. The minimum Gasteiger partial charge on any atom is -0.446 e. The lowest BCUT2D eigenvalue weighted by Gasteiger charge is -2.24. The Bertz CT molecular complexity index is 353. The first-order valence-electron chi connectivity index (χ1n) is 12.3. The summed E-state index contributed by atoms with van der Waals surface area (Å²) in [6.07, 6.45) is 21.4. The molecule has 29 heavy (non-hydrogen) atoms. The van der Waals surface area contributed by atoms with Gasteiger partial charge in [-0.25, -0.2) is 4.79 Å². The molecule has 0 heterocycles. The molecule has 1 amide bonds. The normalized spacial score (nSPS) is 13.3. The molecule has 0 saturated heterocycles. The van der Waals surface area contributed by atoms with Gasteiger partial charge in [0.05, 0.1) is 6.61 Å². The van der Waals surface area contributed by atoms with Gasteiger partial charge in [0, 0.05) is 19.6 Å². The molecule has 0 aromatic carbocycles. The highest BCUT2D eigenvalue weighted by molar-refractivity contribution is 5.64. The molecule has 174 valence electrons. The molecule has 0 rings (SSSR count). The quantitative estimate of drug-likeness (QED) is 0.203. The Kier molecular flexibility index (Phi) is 21.3. The van der Waals surface area contributed by atoms with Crippen molar-refractivity contribution in [1.82, 2.24) is 0 Å². The number of nitrogens with two attached hydrogens (primary N) is 2. The maximum absolute atomic E-state index is 11.1. The molecule has 0 aliphatic carbocycles. The van der Waals surface area contributed by atoms with Crippen LogP contribution >= 0.6 is 0 Å². The van der Waals surface area contributed by atoms with Crippen molar-refractivity contribution in [2.24, 2.45) is 17.4 Å². The van der Waals surface area contributed by atoms with Gasteiger partial charge in [0.2, 0.25) is 0 Å². The molecule has 0 fully saturated rings. The molecule has 0 aromatic heterocycles. The van der Waals surface area contributed by atoms with E-state index in [-0.39, 0.29) is 12.0 Å². The lowest BCUT2D eigenvalue weighted by atomic mass is 9.97. The lowest BCUT2D eigenvalue weighted by molar-refractivity contribution is 0.0287. The molecule has 5 heteroatoms. The van der Waals surface area contributed by atoms with E-state index in [4.69, 9.17) is 20.9 Å². The second-order valence-corrected chi connectivity index (χ2v) is 8.52. The van der Waals surface area contributed by atoms with Gasteiger partial charge in [-0.2, -0.15) is 0 Å². The zero-order valence-electron chi connectivity index (χ0n) is 19.5. The Balaban J connectivity index is 3.51. The molecule has 0 aliphatic heterocycles. The average Bonchev–Trinajstić information content (AvgIpc) is 2.70. The summed E-state index contributed by atoms with van der Waals surface area (Å²) in [5.74, 6) is 0.0174. The number of unbranched alkanes of at least 4 members (excludes halogenated alkanes) is 15. The summed E-state index contributed by atoms with van der Waals surface area (Å²) in [5, 5.41) is 0. The fourth-order valence-corrected chi connectivity index (χ4v) is 3.97. The second-order valence-electron chi connectivity index (χ2n) is 8.52. The standard InChI is InChI=1S/C24H50N2O3/c1-3-4-5-6-7-8-9-10-11-12-13-14-15-16-17-18-19-23(29-24(26)27)22(20-25)21-28-2/h22-23H,3-21,25H2,1-2H3,(H2,26,27). The monoisotopic (exact) mass is 414 g/mol. The summed E-state index contributed by atoms with van der Waals surface area (Å²) in [6, 6.07) is 0. The molecule has 0 radical (unpaired) electrons. The van der Waals surface area contributed by atoms with Gasteiger partial charge in [-0.15, -0.1) is 0 Å². The van der Waals surface area contributed by atoms with Crippen LogP contribution in [0.5, 0.6) is 0 Å². The first-order valence-corrected chi connectivity index (χ1v) is 12.3. The highest BCUT2D eigenvalue weighted by Gasteiger charge is 2.23. The van der Waals surface area contributed by atoms with Crippen LogP contribution in [0.2, 0.25) is 0 Å². The van der Waals surface area contributed by atoms with Crippen molar-refractivity contribution in [1.29, 1.82) is 0 Å². The van der Waals surface area contributed by atoms with Gasteiger partial charge in [0.25, 0.3) is 0 Å². The Labute approximate surface area is 180 Å². The minimum atomic E-state index is -0.721. The van der Waals surface area contributed by atoms with Gasteiger partial charge in [-0.3, -0.25) is 0 Å². The minimum absolute atomic E-state index is 0.0174. The molecular formula is C24H50N2O3. The lowest BCUT2D eigenvalue weighted by Crippen LogP contribution is -2.36. The van der Waals surface area contributed by atoms with E-state index in [1.54, 1.807) is 7.11 Å². The summed E-state index contributed by atoms with van der Waals surface area (Å²) in [6.45, 7) is 3.21. The van der Waals surface area contributed by atoms with E-state index in [0.717, 1.165) is 12.8 Å². The summed E-state index contributed by atoms with van der Waals surface area (Å²) < 4.78 is 10.4. The molecule has 2 atom stereocenters. The molecular weight excluding hydrogens is 364 g/mol. The summed E-state index contributed by atoms with van der Waals surface area (Å²) >= 11 is 0. The Morgan fingerprint density at radius 2 is 1.17 bits per heavy atom. The van der Waals surface area contributed by atoms with Crippen LogP contribution in [0.4, 0.5) is 4.79 Å². The van der Waals surface area contributed by atoms with Crippen LogP contribution in [0.1, 0.15) is 116 Å². The van der Waals surface area contributed by atoms with Gasteiger partial charge in [-0.1, -0.05) is 103 Å². The Morgan fingerprint density at radius 1 is 0.759 bits per heavy atom. The predicted octanol–water partition coefficient (Wildman–Crippen LogP) is 6.32. The van der Waals surface area contributed by atoms with Gasteiger partial charge >= 0.3 is 6.09 Å². The number of methoxy groups -OCH3 is 1. The van der Waals surface area contributed by atoms with E-state index >= 15 is 0 Å². The van der Waals surface area contributed by atoms with E-state index in [1.807, 2.05) is 0 Å². The van der Waals surface area contributed by atoms with Gasteiger partial charge < -0.3 is 20.9 Å². The Morgan fingerprint density at radius 3 is 1.52 bits per heavy atom. The number of carbonyl (C=O) groups excluding carboxylic acids is 1. The largest absolute Gasteiger partial charge is 0.446 e. The van der Waals surface area contributed by atoms with Crippen LogP contribution in [0, 0.1) is 5.92 Å². The van der Waals surface area contributed by atoms with Crippen molar-refractivity contribution in [3.05, 3.63) is 0 Å². The molecule has 4 N–H and O–H groups in total. The molecule has 0 saturated carbocycles. The summed E-state index contributed by atoms with van der Waals surface area (Å²) in [5.41, 5.74) is 11.0. The number of primary amides is 1. The first kappa shape index (κ1) is 28.2. The number of hydrogen-bond donors (Lipinski definition) is 2. The van der Waals surface area contributed by atoms with Crippen LogP contribution in [-0.2, 0) is 9.47 Å². The second kappa shape index (κ2) is 21.9.